The summed E-state index contributed by atoms with van der Waals surface area (Å²) in [6, 6.07) is 0.810. The van der Waals surface area contributed by atoms with Crippen molar-refractivity contribution < 1.29 is 41.3 Å². The lowest BCUT2D eigenvalue weighted by molar-refractivity contribution is -0.803. The van der Waals surface area contributed by atoms with E-state index in [1.807, 2.05) is 0 Å². The summed E-state index contributed by atoms with van der Waals surface area (Å²) >= 11 is 0. The first-order valence-corrected chi connectivity index (χ1v) is 7.02. The molecule has 1 aliphatic rings. The Morgan fingerprint density at radius 3 is 1.78 bits per heavy atom. The molecule has 0 fully saturated rings. The van der Waals surface area contributed by atoms with Gasteiger partial charge >= 0.3 is 23.4 Å². The van der Waals surface area contributed by atoms with Gasteiger partial charge in [0.15, 0.2) is 0 Å². The number of H-pyrrole nitrogens is 1. The van der Waals surface area contributed by atoms with Gasteiger partial charge < -0.3 is 10.1 Å². The topological polar surface area (TPSA) is 122 Å². The molecule has 0 saturated carbocycles. The minimum atomic E-state index is -6.44. The van der Waals surface area contributed by atoms with Gasteiger partial charge in [0, 0.05) is 16.3 Å². The maximum Gasteiger partial charge on any atom is 0.505 e. The van der Waals surface area contributed by atoms with E-state index in [-0.39, 0.29) is 11.8 Å². The number of aromatic nitrogens is 1. The van der Waals surface area contributed by atoms with Crippen molar-refractivity contribution in [1.82, 2.24) is 4.98 Å². The standard InChI is InChI=1S/C13H11F6N3O5/c1-9(2,23)8-3-6-4-11(21(24)25,22(26)27)10(12(14,15)16,13(17,18)19)5-7(6)20-8/h3-5,20,23H,1-2H3. The molecule has 0 aromatic carbocycles. The average molecular weight is 403 g/mol. The molecule has 1 aromatic rings. The molecule has 0 atom stereocenters. The molecule has 1 heterocycles. The maximum atomic E-state index is 13.6. The number of aromatic amines is 1. The lowest BCUT2D eigenvalue weighted by atomic mass is 9.71. The lowest BCUT2D eigenvalue weighted by Gasteiger charge is -2.37. The third-order valence-corrected chi connectivity index (χ3v) is 4.29. The van der Waals surface area contributed by atoms with E-state index >= 15 is 0 Å². The molecule has 150 valence electrons. The molecule has 0 spiro atoms. The van der Waals surface area contributed by atoms with Gasteiger partial charge in [-0.3, -0.25) is 20.2 Å². The van der Waals surface area contributed by atoms with E-state index < -0.39 is 55.5 Å². The van der Waals surface area contributed by atoms with E-state index in [4.69, 9.17) is 0 Å². The summed E-state index contributed by atoms with van der Waals surface area (Å²) in [5, 5.41) is 30.9. The number of hydrogen-bond donors (Lipinski definition) is 2. The molecule has 0 aliphatic heterocycles. The van der Waals surface area contributed by atoms with E-state index in [9.17, 15) is 51.7 Å². The fraction of sp³-hybridized carbons (Fsp3) is 0.538. The van der Waals surface area contributed by atoms with Crippen molar-refractivity contribution in [3.63, 3.8) is 0 Å². The van der Waals surface area contributed by atoms with Crippen molar-refractivity contribution in [2.45, 2.75) is 37.5 Å². The van der Waals surface area contributed by atoms with Gasteiger partial charge in [-0.15, -0.1) is 0 Å². The van der Waals surface area contributed by atoms with Gasteiger partial charge in [-0.1, -0.05) is 0 Å². The normalized spacial score (nSPS) is 18.9. The van der Waals surface area contributed by atoms with Gasteiger partial charge in [0.05, 0.1) is 11.7 Å². The molecule has 8 nitrogen and oxygen atoms in total. The van der Waals surface area contributed by atoms with Crippen LogP contribution in [0.5, 0.6) is 0 Å². The summed E-state index contributed by atoms with van der Waals surface area (Å²) in [5.41, 5.74) is -12.3. The minimum absolute atomic E-state index is 0.291. The van der Waals surface area contributed by atoms with Crippen molar-refractivity contribution in [3.05, 3.63) is 42.6 Å². The van der Waals surface area contributed by atoms with Crippen LogP contribution in [0.15, 0.2) is 6.07 Å². The Kier molecular flexibility index (Phi) is 4.16. The second-order valence-electron chi connectivity index (χ2n) is 6.44. The van der Waals surface area contributed by atoms with Gasteiger partial charge in [0.2, 0.25) is 0 Å². The summed E-state index contributed by atoms with van der Waals surface area (Å²) in [7, 11) is 0. The molecule has 0 bridgehead atoms. The number of aliphatic hydroxyl groups is 1. The molecule has 0 unspecified atom stereocenters. The van der Waals surface area contributed by atoms with Crippen LogP contribution in [0.1, 0.15) is 19.5 Å². The number of rotatable bonds is 3. The zero-order valence-corrected chi connectivity index (χ0v) is 13.5. The highest BCUT2D eigenvalue weighted by atomic mass is 19.4. The number of fused-ring (bicyclic) bond motifs is 1. The third-order valence-electron chi connectivity index (χ3n) is 4.29. The molecule has 27 heavy (non-hydrogen) atoms. The third kappa shape index (κ3) is 2.57. The van der Waals surface area contributed by atoms with Crippen LogP contribution in [-0.4, -0.2) is 38.0 Å². The maximum absolute atomic E-state index is 13.6. The first-order chi connectivity index (χ1) is 11.9. The monoisotopic (exact) mass is 403 g/mol. The highest BCUT2D eigenvalue weighted by molar-refractivity contribution is 5.54. The molecule has 2 rings (SSSR count). The predicted octanol–water partition coefficient (Wildman–Crippen LogP) is 1.18. The lowest BCUT2D eigenvalue weighted by Crippen LogP contribution is -2.71. The highest BCUT2D eigenvalue weighted by Crippen LogP contribution is 2.60. The summed E-state index contributed by atoms with van der Waals surface area (Å²) in [6.07, 6.45) is -13.8. The smallest absolute Gasteiger partial charge is 0.384 e. The summed E-state index contributed by atoms with van der Waals surface area (Å²) in [4.78, 5) is 20.3. The molecule has 0 amide bonds. The predicted molar refractivity (Wildman–Crippen MR) is 75.5 cm³/mol. The Balaban J connectivity index is 3.16. The zero-order valence-electron chi connectivity index (χ0n) is 13.5. The van der Waals surface area contributed by atoms with E-state index in [0.29, 0.717) is 0 Å². The largest absolute Gasteiger partial charge is 0.505 e. The van der Waals surface area contributed by atoms with Gasteiger partial charge in [-0.25, -0.2) is 0 Å². The SMILES string of the molecule is CC(C)(O)c1cc2c([nH]1)=CC(C(F)(F)F)(C(F)(F)F)C([N+](=O)[O-])([N+](=O)[O-])C=2. The molecular weight excluding hydrogens is 392 g/mol. The molecule has 1 aromatic heterocycles. The number of nitrogens with one attached hydrogen (secondary N) is 1. The zero-order chi connectivity index (χ0) is 21.2. The fourth-order valence-electron chi connectivity index (χ4n) is 2.91. The Bertz CT molecular complexity index is 896. The van der Waals surface area contributed by atoms with Gasteiger partial charge in [-0.2, -0.15) is 26.3 Å². The van der Waals surface area contributed by atoms with Crippen LogP contribution < -0.4 is 10.6 Å². The molecular formula is C13H11F6N3O5. The molecule has 0 radical (unpaired) electrons. The minimum Gasteiger partial charge on any atom is -0.384 e. The highest BCUT2D eigenvalue weighted by Gasteiger charge is 2.91. The first kappa shape index (κ1) is 20.7. The van der Waals surface area contributed by atoms with Crippen LogP contribution in [0.2, 0.25) is 0 Å². The first-order valence-electron chi connectivity index (χ1n) is 7.02. The Morgan fingerprint density at radius 1 is 1.00 bits per heavy atom. The van der Waals surface area contributed by atoms with Gasteiger partial charge in [0.1, 0.15) is 9.85 Å². The van der Waals surface area contributed by atoms with E-state index in [1.54, 1.807) is 0 Å². The van der Waals surface area contributed by atoms with Crippen molar-refractivity contribution >= 4 is 12.2 Å². The number of hydrogen-bond acceptors (Lipinski definition) is 5. The second-order valence-corrected chi connectivity index (χ2v) is 6.44. The number of nitrogens with zero attached hydrogens (tertiary/aromatic N) is 2. The second kappa shape index (κ2) is 5.43. The van der Waals surface area contributed by atoms with E-state index in [2.05, 4.69) is 4.98 Å². The molecule has 2 N–H and O–H groups in total. The van der Waals surface area contributed by atoms with Crippen molar-refractivity contribution in [1.29, 1.82) is 0 Å². The number of alkyl halides is 6. The van der Waals surface area contributed by atoms with Gasteiger partial charge in [-0.05, 0) is 26.0 Å². The summed E-state index contributed by atoms with van der Waals surface area (Å²) in [6.45, 7) is 2.28. The van der Waals surface area contributed by atoms with E-state index in [1.165, 1.54) is 0 Å². The fourth-order valence-corrected chi connectivity index (χ4v) is 2.91. The molecule has 0 saturated heterocycles. The van der Waals surface area contributed by atoms with Crippen LogP contribution >= 0.6 is 0 Å². The van der Waals surface area contributed by atoms with Crippen LogP contribution in [0.4, 0.5) is 26.3 Å². The number of nitro groups is 2. The van der Waals surface area contributed by atoms with Crippen molar-refractivity contribution in [2.24, 2.45) is 5.41 Å². The summed E-state index contributed by atoms with van der Waals surface area (Å²) in [5.74, 6) is 0. The van der Waals surface area contributed by atoms with Crippen LogP contribution in [-0.2, 0) is 5.60 Å². The Labute approximate surface area is 145 Å². The Hall–Kier alpha value is -2.64. The molecule has 1 aliphatic carbocycles. The van der Waals surface area contributed by atoms with E-state index in [0.717, 1.165) is 19.9 Å². The average Bonchev–Trinajstić information content (AvgIpc) is 2.84. The van der Waals surface area contributed by atoms with Crippen LogP contribution in [0.25, 0.3) is 12.2 Å². The van der Waals surface area contributed by atoms with Gasteiger partial charge in [0.25, 0.3) is 0 Å². The Morgan fingerprint density at radius 2 is 1.44 bits per heavy atom. The van der Waals surface area contributed by atoms with Crippen LogP contribution in [0, 0.1) is 25.6 Å². The van der Waals surface area contributed by atoms with Crippen molar-refractivity contribution in [3.8, 4) is 0 Å². The number of halogens is 6. The van der Waals surface area contributed by atoms with Crippen LogP contribution in [0.3, 0.4) is 0 Å². The van der Waals surface area contributed by atoms with Crippen molar-refractivity contribution in [2.75, 3.05) is 0 Å². The molecule has 14 heteroatoms. The quantitative estimate of drug-likeness (QED) is 0.340. The summed E-state index contributed by atoms with van der Waals surface area (Å²) < 4.78 is 81.6.